The van der Waals surface area contributed by atoms with Crippen LogP contribution in [-0.2, 0) is 18.4 Å². The Labute approximate surface area is 169 Å². The highest BCUT2D eigenvalue weighted by Crippen LogP contribution is 2.16. The molecule has 1 aliphatic rings. The van der Waals surface area contributed by atoms with Crippen molar-refractivity contribution in [1.82, 2.24) is 24.9 Å². The van der Waals surface area contributed by atoms with Gasteiger partial charge in [-0.05, 0) is 33.9 Å². The van der Waals surface area contributed by atoms with Gasteiger partial charge in [-0.2, -0.15) is 5.10 Å². The van der Waals surface area contributed by atoms with Gasteiger partial charge in [0.25, 0.3) is 0 Å². The van der Waals surface area contributed by atoms with E-state index >= 15 is 0 Å². The van der Waals surface area contributed by atoms with Gasteiger partial charge in [0, 0.05) is 57.4 Å². The number of carbonyl (C=O) groups is 1. The van der Waals surface area contributed by atoms with Gasteiger partial charge in [0.05, 0.1) is 5.69 Å². The zero-order chi connectivity index (χ0) is 16.1. The monoisotopic (exact) mass is 415 g/mol. The van der Waals surface area contributed by atoms with Crippen molar-refractivity contribution in [2.45, 2.75) is 33.2 Å². The highest BCUT2D eigenvalue weighted by molar-refractivity contribution is 5.86. The van der Waals surface area contributed by atoms with E-state index in [9.17, 15) is 4.79 Å². The van der Waals surface area contributed by atoms with Crippen LogP contribution in [0.5, 0.6) is 0 Å². The fourth-order valence-corrected chi connectivity index (χ4v) is 3.00. The first-order valence-corrected chi connectivity index (χ1v) is 8.16. The van der Waals surface area contributed by atoms with Crippen LogP contribution in [0, 0.1) is 13.8 Å². The minimum Gasteiger partial charge on any atom is -0.340 e. The molecule has 1 aromatic heterocycles. The van der Waals surface area contributed by atoms with E-state index in [1.807, 2.05) is 23.7 Å². The molecule has 0 unspecified atom stereocenters. The van der Waals surface area contributed by atoms with E-state index in [2.05, 4.69) is 29.2 Å². The highest BCUT2D eigenvalue weighted by atomic mass is 35.5. The molecule has 1 saturated heterocycles. The molecule has 0 bridgehead atoms. The van der Waals surface area contributed by atoms with Crippen molar-refractivity contribution in [3.8, 4) is 0 Å². The van der Waals surface area contributed by atoms with Crippen LogP contribution in [0.25, 0.3) is 0 Å². The summed E-state index contributed by atoms with van der Waals surface area (Å²) in [5.74, 6) is 0.295. The fourth-order valence-electron chi connectivity index (χ4n) is 3.00. The fraction of sp³-hybridized carbons (Fsp3) is 0.750. The number of hydrogen-bond donors (Lipinski definition) is 1. The van der Waals surface area contributed by atoms with E-state index in [4.69, 9.17) is 0 Å². The Hall–Kier alpha value is -0.530. The molecule has 2 heterocycles. The molecule has 6 nitrogen and oxygen atoms in total. The maximum Gasteiger partial charge on any atom is 0.222 e. The van der Waals surface area contributed by atoms with Crippen LogP contribution in [0.4, 0.5) is 0 Å². The number of piperazine rings is 1. The van der Waals surface area contributed by atoms with Crippen molar-refractivity contribution >= 4 is 43.1 Å². The predicted molar refractivity (Wildman–Crippen MR) is 109 cm³/mol. The molecule has 1 N–H and O–H groups in total. The van der Waals surface area contributed by atoms with Gasteiger partial charge >= 0.3 is 0 Å². The summed E-state index contributed by atoms with van der Waals surface area (Å²) in [6.45, 7) is 9.63. The highest BCUT2D eigenvalue weighted by Gasteiger charge is 2.22. The third-order valence-corrected chi connectivity index (χ3v) is 4.58. The molecule has 9 heteroatoms. The molecule has 0 aliphatic carbocycles. The topological polar surface area (TPSA) is 53.4 Å². The normalized spacial score (nSPS) is 14.3. The van der Waals surface area contributed by atoms with Crippen molar-refractivity contribution < 1.29 is 4.79 Å². The van der Waals surface area contributed by atoms with Crippen molar-refractivity contribution in [2.75, 3.05) is 39.8 Å². The lowest BCUT2D eigenvalue weighted by Gasteiger charge is -2.35. The second kappa shape index (κ2) is 12.8. The lowest BCUT2D eigenvalue weighted by molar-refractivity contribution is -0.133. The average molecular weight is 417 g/mol. The summed E-state index contributed by atoms with van der Waals surface area (Å²) in [5.41, 5.74) is 3.69. The molecule has 1 amide bonds. The first-order valence-electron chi connectivity index (χ1n) is 8.16. The summed E-state index contributed by atoms with van der Waals surface area (Å²) < 4.78 is 1.95. The van der Waals surface area contributed by atoms with E-state index in [1.54, 1.807) is 0 Å². The summed E-state index contributed by atoms with van der Waals surface area (Å²) in [4.78, 5) is 16.5. The molecule has 0 radical (unpaired) electrons. The third kappa shape index (κ3) is 7.31. The number of nitrogens with zero attached hydrogens (tertiary/aromatic N) is 4. The molecular formula is C16H32Cl3N5O. The third-order valence-electron chi connectivity index (χ3n) is 4.58. The molecule has 0 spiro atoms. The lowest BCUT2D eigenvalue weighted by atomic mass is 10.1. The summed E-state index contributed by atoms with van der Waals surface area (Å²) in [6.07, 6.45) is 1.57. The average Bonchev–Trinajstić information content (AvgIpc) is 2.74. The van der Waals surface area contributed by atoms with Crippen molar-refractivity contribution in [3.05, 3.63) is 17.0 Å². The smallest absolute Gasteiger partial charge is 0.222 e. The molecule has 1 fully saturated rings. The number of halogens is 3. The van der Waals surface area contributed by atoms with Crippen molar-refractivity contribution in [3.63, 3.8) is 0 Å². The Balaban J connectivity index is 0. The van der Waals surface area contributed by atoms with Crippen LogP contribution < -0.4 is 5.32 Å². The lowest BCUT2D eigenvalue weighted by Crippen LogP contribution is -2.48. The zero-order valence-corrected chi connectivity index (χ0v) is 18.0. The number of amides is 1. The van der Waals surface area contributed by atoms with E-state index in [1.165, 1.54) is 11.3 Å². The van der Waals surface area contributed by atoms with E-state index in [-0.39, 0.29) is 37.2 Å². The van der Waals surface area contributed by atoms with E-state index in [0.717, 1.165) is 51.4 Å². The molecule has 25 heavy (non-hydrogen) atoms. The quantitative estimate of drug-likeness (QED) is 0.720. The molecule has 1 aromatic rings. The van der Waals surface area contributed by atoms with Gasteiger partial charge < -0.3 is 10.2 Å². The number of aromatic nitrogens is 2. The largest absolute Gasteiger partial charge is 0.340 e. The standard InChI is InChI=1S/C16H29N5O.3ClH/c1-13-15(14(2)19(4)18-13)12-20-8-10-21(11-9-20)16(22)6-5-7-17-3;;;/h17H,5-12H2,1-4H3;3*1H. The molecular weight excluding hydrogens is 385 g/mol. The Morgan fingerprint density at radius 3 is 2.20 bits per heavy atom. The Kier molecular flexibility index (Phi) is 13.6. The van der Waals surface area contributed by atoms with Crippen molar-refractivity contribution in [2.24, 2.45) is 7.05 Å². The minimum atomic E-state index is 0. The van der Waals surface area contributed by atoms with Gasteiger partial charge in [0.2, 0.25) is 5.91 Å². The number of carbonyl (C=O) groups excluding carboxylic acids is 1. The summed E-state index contributed by atoms with van der Waals surface area (Å²) in [7, 11) is 3.92. The van der Waals surface area contributed by atoms with Crippen LogP contribution in [0.15, 0.2) is 0 Å². The Morgan fingerprint density at radius 1 is 1.12 bits per heavy atom. The molecule has 1 aliphatic heterocycles. The molecule has 0 aromatic carbocycles. The minimum absolute atomic E-state index is 0. The number of nitrogens with one attached hydrogen (secondary N) is 1. The Morgan fingerprint density at radius 2 is 1.72 bits per heavy atom. The van der Waals surface area contributed by atoms with Gasteiger partial charge in [-0.25, -0.2) is 0 Å². The van der Waals surface area contributed by atoms with Crippen LogP contribution >= 0.6 is 37.2 Å². The van der Waals surface area contributed by atoms with Gasteiger partial charge in [-0.1, -0.05) is 0 Å². The number of rotatable bonds is 6. The van der Waals surface area contributed by atoms with E-state index in [0.29, 0.717) is 12.3 Å². The van der Waals surface area contributed by atoms with Gasteiger partial charge in [0.15, 0.2) is 0 Å². The van der Waals surface area contributed by atoms with Gasteiger partial charge in [-0.15, -0.1) is 37.2 Å². The number of aryl methyl sites for hydroxylation is 2. The predicted octanol–water partition coefficient (Wildman–Crippen LogP) is 1.95. The molecule has 148 valence electrons. The second-order valence-corrected chi connectivity index (χ2v) is 6.14. The SMILES string of the molecule is CNCCCC(=O)N1CCN(Cc2c(C)nn(C)c2C)CC1.Cl.Cl.Cl. The summed E-state index contributed by atoms with van der Waals surface area (Å²) in [5, 5.41) is 7.57. The maximum atomic E-state index is 12.1. The maximum absolute atomic E-state index is 12.1. The Bertz CT molecular complexity index is 516. The van der Waals surface area contributed by atoms with Crippen LogP contribution in [0.1, 0.15) is 29.8 Å². The first kappa shape index (κ1) is 26.7. The van der Waals surface area contributed by atoms with Crippen LogP contribution in [-0.4, -0.2) is 65.3 Å². The summed E-state index contributed by atoms with van der Waals surface area (Å²) >= 11 is 0. The van der Waals surface area contributed by atoms with Gasteiger partial charge in [0.1, 0.15) is 0 Å². The summed E-state index contributed by atoms with van der Waals surface area (Å²) in [6, 6.07) is 0. The van der Waals surface area contributed by atoms with Crippen LogP contribution in [0.3, 0.4) is 0 Å². The molecule has 0 atom stereocenters. The molecule has 0 saturated carbocycles. The zero-order valence-electron chi connectivity index (χ0n) is 15.6. The first-order chi connectivity index (χ1) is 10.5. The van der Waals surface area contributed by atoms with Crippen LogP contribution in [0.2, 0.25) is 0 Å². The molecule has 2 rings (SSSR count). The van der Waals surface area contributed by atoms with Crippen molar-refractivity contribution in [1.29, 1.82) is 0 Å². The van der Waals surface area contributed by atoms with E-state index < -0.39 is 0 Å². The number of hydrogen-bond acceptors (Lipinski definition) is 4. The second-order valence-electron chi connectivity index (χ2n) is 6.14. The van der Waals surface area contributed by atoms with Gasteiger partial charge in [-0.3, -0.25) is 14.4 Å².